The summed E-state index contributed by atoms with van der Waals surface area (Å²) in [5.74, 6) is -1.41. The van der Waals surface area contributed by atoms with Gasteiger partial charge in [-0.1, -0.05) is 41.9 Å². The SMILES string of the molecule is CON(C)C(=O)[C@H](O)C(CN=CC(=O)c1cc2cc(Cl)ccc2[nH]1)Cc1ccccc1. The van der Waals surface area contributed by atoms with Gasteiger partial charge in [0, 0.05) is 35.4 Å². The van der Waals surface area contributed by atoms with E-state index in [1.165, 1.54) is 20.4 Å². The number of ketones is 1. The zero-order chi connectivity index (χ0) is 22.4. The largest absolute Gasteiger partial charge is 0.383 e. The van der Waals surface area contributed by atoms with Crippen LogP contribution in [0, 0.1) is 5.92 Å². The quantitative estimate of drug-likeness (QED) is 0.302. The van der Waals surface area contributed by atoms with Gasteiger partial charge in [-0.3, -0.25) is 19.4 Å². The second-order valence-corrected chi connectivity index (χ2v) is 7.62. The minimum absolute atomic E-state index is 0.0944. The molecule has 162 valence electrons. The molecule has 0 saturated heterocycles. The van der Waals surface area contributed by atoms with Gasteiger partial charge in [0.1, 0.15) is 6.10 Å². The fraction of sp³-hybridized carbons (Fsp3) is 0.261. The van der Waals surface area contributed by atoms with Crippen LogP contribution >= 0.6 is 11.6 Å². The number of fused-ring (bicyclic) bond motifs is 1. The van der Waals surface area contributed by atoms with Crippen LogP contribution in [0.2, 0.25) is 5.02 Å². The first-order valence-electron chi connectivity index (χ1n) is 9.75. The standard InChI is InChI=1S/C23H24ClN3O4/c1-27(31-2)23(30)22(29)17(10-15-6-4-3-5-7-15)13-25-14-21(28)20-12-16-11-18(24)8-9-19(16)26-20/h3-9,11-12,14,17,22,26,29H,10,13H2,1-2H3/t17?,22-/m1/s1. The number of aliphatic hydroxyl groups excluding tert-OH is 1. The van der Waals surface area contributed by atoms with Gasteiger partial charge in [0.15, 0.2) is 0 Å². The zero-order valence-electron chi connectivity index (χ0n) is 17.3. The fourth-order valence-corrected chi connectivity index (χ4v) is 3.43. The first kappa shape index (κ1) is 22.7. The molecule has 8 heteroatoms. The van der Waals surface area contributed by atoms with Crippen LogP contribution in [0.15, 0.2) is 59.6 Å². The Bertz CT molecular complexity index is 1080. The molecule has 1 heterocycles. The summed E-state index contributed by atoms with van der Waals surface area (Å²) < 4.78 is 0. The minimum atomic E-state index is -1.33. The van der Waals surface area contributed by atoms with E-state index in [2.05, 4.69) is 9.98 Å². The number of carbonyl (C=O) groups excluding carboxylic acids is 2. The summed E-state index contributed by atoms with van der Waals surface area (Å²) >= 11 is 5.99. The Kier molecular flexibility index (Phi) is 7.57. The number of hydrogen-bond donors (Lipinski definition) is 2. The lowest BCUT2D eigenvalue weighted by molar-refractivity contribution is -0.180. The molecular formula is C23H24ClN3O4. The van der Waals surface area contributed by atoms with Crippen molar-refractivity contribution >= 4 is 40.4 Å². The predicted molar refractivity (Wildman–Crippen MR) is 120 cm³/mol. The summed E-state index contributed by atoms with van der Waals surface area (Å²) in [6, 6.07) is 16.5. The molecule has 0 radical (unpaired) electrons. The van der Waals surface area contributed by atoms with E-state index in [0.717, 1.165) is 21.5 Å². The van der Waals surface area contributed by atoms with E-state index in [1.807, 2.05) is 30.3 Å². The summed E-state index contributed by atoms with van der Waals surface area (Å²) in [6.45, 7) is 0.0944. The lowest BCUT2D eigenvalue weighted by Gasteiger charge is -2.24. The third-order valence-corrected chi connectivity index (χ3v) is 5.26. The minimum Gasteiger partial charge on any atom is -0.383 e. The van der Waals surface area contributed by atoms with Gasteiger partial charge >= 0.3 is 0 Å². The molecule has 1 amide bonds. The second kappa shape index (κ2) is 10.3. The summed E-state index contributed by atoms with van der Waals surface area (Å²) in [7, 11) is 2.78. The van der Waals surface area contributed by atoms with Crippen LogP contribution in [-0.4, -0.2) is 59.9 Å². The number of aromatic nitrogens is 1. The Balaban J connectivity index is 1.73. The molecule has 1 aromatic heterocycles. The van der Waals surface area contributed by atoms with Gasteiger partial charge in [-0.15, -0.1) is 0 Å². The number of aliphatic imine (C=N–C) groups is 1. The molecule has 3 rings (SSSR count). The van der Waals surface area contributed by atoms with Crippen LogP contribution < -0.4 is 0 Å². The molecule has 0 saturated carbocycles. The van der Waals surface area contributed by atoms with Crippen LogP contribution in [0.25, 0.3) is 10.9 Å². The van der Waals surface area contributed by atoms with Gasteiger partial charge in [0.2, 0.25) is 5.78 Å². The topological polar surface area (TPSA) is 95.0 Å². The molecule has 2 atom stereocenters. The maximum absolute atomic E-state index is 12.5. The van der Waals surface area contributed by atoms with Crippen LogP contribution in [0.1, 0.15) is 16.1 Å². The number of Topliss-reactive ketones (excluding diaryl/α,β-unsaturated/α-hetero) is 1. The molecule has 0 aliphatic carbocycles. The number of aliphatic hydroxyl groups is 1. The normalized spacial score (nSPS) is 13.4. The Hall–Kier alpha value is -3.00. The number of hydrogen-bond acceptors (Lipinski definition) is 5. The second-order valence-electron chi connectivity index (χ2n) is 7.19. The zero-order valence-corrected chi connectivity index (χ0v) is 18.0. The van der Waals surface area contributed by atoms with E-state index in [0.29, 0.717) is 17.1 Å². The molecule has 2 N–H and O–H groups in total. The third-order valence-electron chi connectivity index (χ3n) is 5.02. The Morgan fingerprint density at radius 3 is 2.68 bits per heavy atom. The number of nitrogens with one attached hydrogen (secondary N) is 1. The van der Waals surface area contributed by atoms with Crippen molar-refractivity contribution in [3.8, 4) is 0 Å². The van der Waals surface area contributed by atoms with Crippen LogP contribution in [0.4, 0.5) is 0 Å². The first-order chi connectivity index (χ1) is 14.9. The molecule has 0 aliphatic rings. The Labute approximate surface area is 185 Å². The summed E-state index contributed by atoms with van der Waals surface area (Å²) in [5, 5.41) is 13.0. The highest BCUT2D eigenvalue weighted by molar-refractivity contribution is 6.35. The van der Waals surface area contributed by atoms with Crippen molar-refractivity contribution in [1.82, 2.24) is 10.0 Å². The van der Waals surface area contributed by atoms with Gasteiger partial charge in [-0.25, -0.2) is 5.06 Å². The van der Waals surface area contributed by atoms with Crippen molar-refractivity contribution in [2.24, 2.45) is 10.9 Å². The van der Waals surface area contributed by atoms with Crippen LogP contribution in [0.5, 0.6) is 0 Å². The molecule has 2 aromatic carbocycles. The van der Waals surface area contributed by atoms with E-state index >= 15 is 0 Å². The van der Waals surface area contributed by atoms with E-state index in [9.17, 15) is 14.7 Å². The molecular weight excluding hydrogens is 418 g/mol. The Morgan fingerprint density at radius 2 is 1.97 bits per heavy atom. The number of nitrogens with zero attached hydrogens (tertiary/aromatic N) is 2. The monoisotopic (exact) mass is 441 g/mol. The molecule has 0 aliphatic heterocycles. The number of hydroxylamine groups is 2. The molecule has 0 bridgehead atoms. The average molecular weight is 442 g/mol. The fourth-order valence-electron chi connectivity index (χ4n) is 3.25. The van der Waals surface area contributed by atoms with Gasteiger partial charge in [-0.2, -0.15) is 0 Å². The molecule has 0 fully saturated rings. The van der Waals surface area contributed by atoms with Crippen LogP contribution in [0.3, 0.4) is 0 Å². The number of rotatable bonds is 9. The molecule has 3 aromatic rings. The number of benzene rings is 2. The van der Waals surface area contributed by atoms with Crippen molar-refractivity contribution in [3.05, 3.63) is 70.9 Å². The number of likely N-dealkylation sites (N-methyl/N-ethyl adjacent to an activating group) is 1. The highest BCUT2D eigenvalue weighted by atomic mass is 35.5. The van der Waals surface area contributed by atoms with Crippen molar-refractivity contribution in [2.45, 2.75) is 12.5 Å². The first-order valence-corrected chi connectivity index (χ1v) is 10.1. The van der Waals surface area contributed by atoms with E-state index in [-0.39, 0.29) is 12.3 Å². The molecule has 31 heavy (non-hydrogen) atoms. The average Bonchev–Trinajstić information content (AvgIpc) is 3.20. The van der Waals surface area contributed by atoms with E-state index in [4.69, 9.17) is 16.4 Å². The third kappa shape index (κ3) is 5.79. The Morgan fingerprint density at radius 1 is 1.23 bits per heavy atom. The summed E-state index contributed by atoms with van der Waals surface area (Å²) in [4.78, 5) is 37.0. The molecule has 7 nitrogen and oxygen atoms in total. The van der Waals surface area contributed by atoms with Gasteiger partial charge < -0.3 is 10.1 Å². The van der Waals surface area contributed by atoms with Crippen molar-refractivity contribution in [2.75, 3.05) is 20.7 Å². The van der Waals surface area contributed by atoms with E-state index in [1.54, 1.807) is 24.3 Å². The number of carbonyl (C=O) groups is 2. The van der Waals surface area contributed by atoms with Crippen molar-refractivity contribution < 1.29 is 19.5 Å². The maximum atomic E-state index is 12.5. The number of aromatic amines is 1. The predicted octanol–water partition coefficient (Wildman–Crippen LogP) is 3.31. The summed E-state index contributed by atoms with van der Waals surface area (Å²) in [6.07, 6.45) is 0.302. The van der Waals surface area contributed by atoms with Crippen LogP contribution in [-0.2, 0) is 16.1 Å². The van der Waals surface area contributed by atoms with E-state index < -0.39 is 17.9 Å². The van der Waals surface area contributed by atoms with Gasteiger partial charge in [0.05, 0.1) is 19.0 Å². The highest BCUT2D eigenvalue weighted by Gasteiger charge is 2.29. The van der Waals surface area contributed by atoms with Crippen molar-refractivity contribution in [1.29, 1.82) is 0 Å². The van der Waals surface area contributed by atoms with Crippen molar-refractivity contribution in [3.63, 3.8) is 0 Å². The van der Waals surface area contributed by atoms with Gasteiger partial charge in [0.25, 0.3) is 5.91 Å². The summed E-state index contributed by atoms with van der Waals surface area (Å²) in [5.41, 5.74) is 2.14. The lowest BCUT2D eigenvalue weighted by Crippen LogP contribution is -2.41. The number of H-pyrrole nitrogens is 1. The molecule has 1 unspecified atom stereocenters. The lowest BCUT2D eigenvalue weighted by atomic mass is 9.93. The molecule has 0 spiro atoms. The number of amides is 1. The smallest absolute Gasteiger partial charge is 0.275 e. The number of halogens is 1. The highest BCUT2D eigenvalue weighted by Crippen LogP contribution is 2.20. The van der Waals surface area contributed by atoms with Gasteiger partial charge in [-0.05, 0) is 36.2 Å². The maximum Gasteiger partial charge on any atom is 0.275 e.